The van der Waals surface area contributed by atoms with E-state index in [9.17, 15) is 13.2 Å². The van der Waals surface area contributed by atoms with Crippen molar-refractivity contribution in [3.63, 3.8) is 0 Å². The average Bonchev–Trinajstić information content (AvgIpc) is 3.09. The van der Waals surface area contributed by atoms with Crippen molar-refractivity contribution < 1.29 is 13.2 Å². The number of piperazine rings is 1. The molecule has 2 aliphatic heterocycles. The highest BCUT2D eigenvalue weighted by Crippen LogP contribution is 2.23. The molecule has 0 bridgehead atoms. The Morgan fingerprint density at radius 3 is 1.81 bits per heavy atom. The van der Waals surface area contributed by atoms with Gasteiger partial charge in [0.25, 0.3) is 0 Å². The third-order valence-corrected chi connectivity index (χ3v) is 7.85. The lowest BCUT2D eigenvalue weighted by molar-refractivity contribution is -0.114. The van der Waals surface area contributed by atoms with Gasteiger partial charge in [0.1, 0.15) is 0 Å². The van der Waals surface area contributed by atoms with Crippen molar-refractivity contribution in [3.05, 3.63) is 36.4 Å². The van der Waals surface area contributed by atoms with Gasteiger partial charge in [-0.1, -0.05) is 12.8 Å². The molecule has 1 amide bonds. The molecule has 2 saturated heterocycles. The molecule has 0 atom stereocenters. The summed E-state index contributed by atoms with van der Waals surface area (Å²) in [4.78, 5) is 15.7. The molecule has 3 heterocycles. The normalized spacial score (nSPS) is 18.3. The number of aromatic nitrogens is 2. The number of hydrogen-bond acceptors (Lipinski definition) is 7. The number of nitrogens with zero attached hydrogens (tertiary/aromatic N) is 5. The van der Waals surface area contributed by atoms with Crippen LogP contribution in [0, 0.1) is 0 Å². The van der Waals surface area contributed by atoms with Crippen LogP contribution in [0.15, 0.2) is 41.3 Å². The summed E-state index contributed by atoms with van der Waals surface area (Å²) in [6.07, 6.45) is 4.93. The lowest BCUT2D eigenvalue weighted by Crippen LogP contribution is -2.49. The molecule has 1 aromatic heterocycles. The van der Waals surface area contributed by atoms with Gasteiger partial charge in [0.05, 0.1) is 4.90 Å². The van der Waals surface area contributed by atoms with Gasteiger partial charge < -0.3 is 15.1 Å². The molecule has 172 valence electrons. The van der Waals surface area contributed by atoms with Crippen LogP contribution in [-0.4, -0.2) is 68.1 Å². The molecule has 1 N–H and O–H groups in total. The summed E-state index contributed by atoms with van der Waals surface area (Å²) in [5, 5.41) is 11.5. The first kappa shape index (κ1) is 22.5. The monoisotopic (exact) mass is 458 g/mol. The SMILES string of the molecule is CC(=O)Nc1ccc(S(=O)(=O)N2CCN(c3ccc(N4CCCCCC4)nn3)CC2)cc1. The summed E-state index contributed by atoms with van der Waals surface area (Å²) < 4.78 is 27.5. The molecule has 4 rings (SSSR count). The first-order valence-corrected chi connectivity index (χ1v) is 12.6. The fraction of sp³-hybridized carbons (Fsp3) is 0.500. The Labute approximate surface area is 189 Å². The van der Waals surface area contributed by atoms with Gasteiger partial charge in [-0.05, 0) is 49.2 Å². The number of benzene rings is 1. The standard InChI is InChI=1S/C22H30N6O3S/c1-18(29)23-19-6-8-20(9-7-19)32(30,31)28-16-14-27(15-17-28)22-11-10-21(24-25-22)26-12-4-2-3-5-13-26/h6-11H,2-5,12-17H2,1H3,(H,23,29). The van der Waals surface area contributed by atoms with Crippen LogP contribution >= 0.6 is 0 Å². The van der Waals surface area contributed by atoms with Crippen LogP contribution in [0.25, 0.3) is 0 Å². The molecule has 9 nitrogen and oxygen atoms in total. The molecule has 1 aromatic carbocycles. The number of carbonyl (C=O) groups is 1. The van der Waals surface area contributed by atoms with Gasteiger partial charge in [-0.3, -0.25) is 4.79 Å². The van der Waals surface area contributed by atoms with Gasteiger partial charge in [0, 0.05) is 51.9 Å². The maximum absolute atomic E-state index is 13.0. The Morgan fingerprint density at radius 1 is 0.781 bits per heavy atom. The highest BCUT2D eigenvalue weighted by molar-refractivity contribution is 7.89. The van der Waals surface area contributed by atoms with E-state index in [1.807, 2.05) is 12.1 Å². The maximum Gasteiger partial charge on any atom is 0.243 e. The van der Waals surface area contributed by atoms with E-state index in [2.05, 4.69) is 25.3 Å². The van der Waals surface area contributed by atoms with Gasteiger partial charge in [-0.2, -0.15) is 4.31 Å². The fourth-order valence-corrected chi connectivity index (χ4v) is 5.60. The molecule has 0 unspecified atom stereocenters. The summed E-state index contributed by atoms with van der Waals surface area (Å²) in [6.45, 7) is 5.34. The van der Waals surface area contributed by atoms with E-state index in [4.69, 9.17) is 0 Å². The number of sulfonamides is 1. The largest absolute Gasteiger partial charge is 0.355 e. The minimum Gasteiger partial charge on any atom is -0.355 e. The second kappa shape index (κ2) is 9.83. The molecule has 2 fully saturated rings. The third-order valence-electron chi connectivity index (χ3n) is 5.94. The van der Waals surface area contributed by atoms with Gasteiger partial charge >= 0.3 is 0 Å². The van der Waals surface area contributed by atoms with E-state index in [-0.39, 0.29) is 10.8 Å². The van der Waals surface area contributed by atoms with Gasteiger partial charge in [0.15, 0.2) is 11.6 Å². The van der Waals surface area contributed by atoms with Crippen LogP contribution in [0.2, 0.25) is 0 Å². The Kier molecular flexibility index (Phi) is 6.90. The average molecular weight is 459 g/mol. The van der Waals surface area contributed by atoms with E-state index in [1.165, 1.54) is 49.0 Å². The Balaban J connectivity index is 1.36. The molecule has 0 saturated carbocycles. The Hall–Kier alpha value is -2.72. The zero-order valence-corrected chi connectivity index (χ0v) is 19.2. The van der Waals surface area contributed by atoms with Gasteiger partial charge in [-0.15, -0.1) is 10.2 Å². The van der Waals surface area contributed by atoms with Crippen molar-refractivity contribution in [1.29, 1.82) is 0 Å². The second-order valence-electron chi connectivity index (χ2n) is 8.25. The Bertz CT molecular complexity index is 1010. The molecule has 0 spiro atoms. The lowest BCUT2D eigenvalue weighted by Gasteiger charge is -2.34. The molecular weight excluding hydrogens is 428 g/mol. The van der Waals surface area contributed by atoms with Crippen molar-refractivity contribution in [2.45, 2.75) is 37.5 Å². The van der Waals surface area contributed by atoms with Gasteiger partial charge in [0.2, 0.25) is 15.9 Å². The highest BCUT2D eigenvalue weighted by Gasteiger charge is 2.29. The molecule has 0 aliphatic carbocycles. The topological polar surface area (TPSA) is 98.7 Å². The second-order valence-corrected chi connectivity index (χ2v) is 10.2. The predicted molar refractivity (Wildman–Crippen MR) is 124 cm³/mol. The molecule has 32 heavy (non-hydrogen) atoms. The zero-order valence-electron chi connectivity index (χ0n) is 18.4. The number of nitrogens with one attached hydrogen (secondary N) is 1. The minimum absolute atomic E-state index is 0.195. The number of anilines is 3. The van der Waals surface area contributed by atoms with E-state index in [1.54, 1.807) is 12.1 Å². The van der Waals surface area contributed by atoms with Crippen LogP contribution in [0.1, 0.15) is 32.6 Å². The highest BCUT2D eigenvalue weighted by atomic mass is 32.2. The summed E-state index contributed by atoms with van der Waals surface area (Å²) in [5.41, 5.74) is 0.573. The molecule has 2 aliphatic rings. The smallest absolute Gasteiger partial charge is 0.243 e. The van der Waals surface area contributed by atoms with Crippen molar-refractivity contribution in [2.24, 2.45) is 0 Å². The maximum atomic E-state index is 13.0. The number of amides is 1. The quantitative estimate of drug-likeness (QED) is 0.734. The van der Waals surface area contributed by atoms with Crippen LogP contribution in [-0.2, 0) is 14.8 Å². The number of carbonyl (C=O) groups excluding carboxylic acids is 1. The zero-order chi connectivity index (χ0) is 22.6. The minimum atomic E-state index is -3.59. The van der Waals surface area contributed by atoms with Crippen molar-refractivity contribution in [3.8, 4) is 0 Å². The summed E-state index contributed by atoms with van der Waals surface area (Å²) in [7, 11) is -3.59. The lowest BCUT2D eigenvalue weighted by atomic mass is 10.2. The third kappa shape index (κ3) is 5.18. The predicted octanol–water partition coefficient (Wildman–Crippen LogP) is 2.33. The van der Waals surface area contributed by atoms with E-state index < -0.39 is 10.0 Å². The van der Waals surface area contributed by atoms with E-state index in [0.717, 1.165) is 24.7 Å². The first-order chi connectivity index (χ1) is 15.4. The summed E-state index contributed by atoms with van der Waals surface area (Å²) >= 11 is 0. The van der Waals surface area contributed by atoms with Crippen molar-refractivity contribution >= 4 is 33.3 Å². The van der Waals surface area contributed by atoms with E-state index in [0.29, 0.717) is 31.9 Å². The molecular formula is C22H30N6O3S. The molecule has 2 aromatic rings. The summed E-state index contributed by atoms with van der Waals surface area (Å²) in [6, 6.07) is 10.3. The number of rotatable bonds is 5. The van der Waals surface area contributed by atoms with Crippen LogP contribution in [0.4, 0.5) is 17.3 Å². The Morgan fingerprint density at radius 2 is 1.31 bits per heavy atom. The van der Waals surface area contributed by atoms with Gasteiger partial charge in [-0.25, -0.2) is 8.42 Å². The first-order valence-electron chi connectivity index (χ1n) is 11.1. The van der Waals surface area contributed by atoms with Crippen LogP contribution in [0.3, 0.4) is 0 Å². The molecule has 10 heteroatoms. The van der Waals surface area contributed by atoms with Crippen molar-refractivity contribution in [1.82, 2.24) is 14.5 Å². The fourth-order valence-electron chi connectivity index (χ4n) is 4.18. The van der Waals surface area contributed by atoms with Crippen molar-refractivity contribution in [2.75, 3.05) is 54.4 Å². The van der Waals surface area contributed by atoms with Crippen LogP contribution in [0.5, 0.6) is 0 Å². The molecule has 0 radical (unpaired) electrons. The van der Waals surface area contributed by atoms with E-state index >= 15 is 0 Å². The number of hydrogen-bond donors (Lipinski definition) is 1. The summed E-state index contributed by atoms with van der Waals surface area (Å²) in [5.74, 6) is 1.50. The van der Waals surface area contributed by atoms with Crippen LogP contribution < -0.4 is 15.1 Å².